The lowest BCUT2D eigenvalue weighted by Gasteiger charge is -2.13. The quantitative estimate of drug-likeness (QED) is 0.659. The molecule has 0 N–H and O–H groups in total. The number of aromatic nitrogens is 4. The molecule has 0 bridgehead atoms. The van der Waals surface area contributed by atoms with Crippen LogP contribution in [0.3, 0.4) is 0 Å². The van der Waals surface area contributed by atoms with E-state index < -0.39 is 0 Å². The summed E-state index contributed by atoms with van der Waals surface area (Å²) in [7, 11) is 0. The van der Waals surface area contributed by atoms with E-state index >= 15 is 0 Å². The van der Waals surface area contributed by atoms with Gasteiger partial charge in [0.15, 0.2) is 10.6 Å². The average Bonchev–Trinajstić information content (AvgIpc) is 3.27. The van der Waals surface area contributed by atoms with Gasteiger partial charge in [-0.1, -0.05) is 30.3 Å². The van der Waals surface area contributed by atoms with Gasteiger partial charge in [-0.2, -0.15) is 5.10 Å². The van der Waals surface area contributed by atoms with Crippen LogP contribution in [0.1, 0.15) is 18.4 Å². The predicted molar refractivity (Wildman–Crippen MR) is 101 cm³/mol. The molecule has 0 radical (unpaired) electrons. The van der Waals surface area contributed by atoms with Gasteiger partial charge >= 0.3 is 0 Å². The lowest BCUT2D eigenvalue weighted by atomic mass is 10.2. The van der Waals surface area contributed by atoms with Crippen molar-refractivity contribution in [2.24, 2.45) is 0 Å². The first kappa shape index (κ1) is 16.2. The molecule has 0 atom stereocenters. The molecule has 3 aromatic rings. The van der Waals surface area contributed by atoms with E-state index in [1.54, 1.807) is 12.4 Å². The molecule has 0 unspecified atom stereocenters. The zero-order chi connectivity index (χ0) is 17.1. The van der Waals surface area contributed by atoms with E-state index in [-0.39, 0.29) is 0 Å². The van der Waals surface area contributed by atoms with Gasteiger partial charge in [0.2, 0.25) is 0 Å². The number of hydrogen-bond donors (Lipinski definition) is 0. The molecule has 0 amide bonds. The monoisotopic (exact) mass is 351 g/mol. The molecule has 0 spiro atoms. The van der Waals surface area contributed by atoms with Crippen molar-refractivity contribution in [1.29, 1.82) is 0 Å². The van der Waals surface area contributed by atoms with Gasteiger partial charge < -0.3 is 0 Å². The van der Waals surface area contributed by atoms with E-state index in [1.807, 2.05) is 22.9 Å². The molecule has 1 aliphatic heterocycles. The Kier molecular flexibility index (Phi) is 4.72. The molecular formula is C19H21N5S. The first-order valence-corrected chi connectivity index (χ1v) is 9.06. The maximum Gasteiger partial charge on any atom is 0.199 e. The van der Waals surface area contributed by atoms with Crippen molar-refractivity contribution < 1.29 is 0 Å². The van der Waals surface area contributed by atoms with Gasteiger partial charge in [-0.15, -0.1) is 0 Å². The average molecular weight is 351 g/mol. The molecule has 128 valence electrons. The normalized spacial score (nSPS) is 14.9. The largest absolute Gasteiger partial charge is 0.295 e. The lowest BCUT2D eigenvalue weighted by molar-refractivity contribution is 0.253. The zero-order valence-electron chi connectivity index (χ0n) is 14.1. The fraction of sp³-hybridized carbons (Fsp3) is 0.316. The molecule has 1 aromatic carbocycles. The van der Waals surface area contributed by atoms with Crippen LogP contribution in [0.4, 0.5) is 0 Å². The fourth-order valence-corrected chi connectivity index (χ4v) is 3.52. The molecule has 1 fully saturated rings. The van der Waals surface area contributed by atoms with Crippen molar-refractivity contribution in [3.8, 4) is 11.4 Å². The molecule has 3 heterocycles. The SMILES string of the molecule is S=c1n(CN2CCCC2)nc(-c2ccncc2)n1Cc1ccccc1. The summed E-state index contributed by atoms with van der Waals surface area (Å²) in [4.78, 5) is 6.53. The molecule has 6 heteroatoms. The summed E-state index contributed by atoms with van der Waals surface area (Å²) in [6, 6.07) is 14.4. The number of nitrogens with zero attached hydrogens (tertiary/aromatic N) is 5. The highest BCUT2D eigenvalue weighted by molar-refractivity contribution is 7.71. The van der Waals surface area contributed by atoms with Crippen LogP contribution in [0.25, 0.3) is 11.4 Å². The first-order valence-electron chi connectivity index (χ1n) is 8.65. The summed E-state index contributed by atoms with van der Waals surface area (Å²) in [5.74, 6) is 0.899. The molecule has 1 aliphatic rings. The van der Waals surface area contributed by atoms with Crippen LogP contribution in [-0.2, 0) is 13.2 Å². The van der Waals surface area contributed by atoms with Crippen LogP contribution >= 0.6 is 12.2 Å². The van der Waals surface area contributed by atoms with Gasteiger partial charge in [-0.3, -0.25) is 14.5 Å². The topological polar surface area (TPSA) is 38.9 Å². The number of pyridine rings is 1. The Hall–Kier alpha value is -2.31. The van der Waals surface area contributed by atoms with Crippen molar-refractivity contribution >= 4 is 12.2 Å². The second kappa shape index (κ2) is 7.29. The third-order valence-corrected chi connectivity index (χ3v) is 5.01. The summed E-state index contributed by atoms with van der Waals surface area (Å²) in [5, 5.41) is 4.85. The highest BCUT2D eigenvalue weighted by Crippen LogP contribution is 2.20. The highest BCUT2D eigenvalue weighted by atomic mass is 32.1. The first-order chi connectivity index (χ1) is 12.3. The third kappa shape index (κ3) is 3.55. The van der Waals surface area contributed by atoms with E-state index in [2.05, 4.69) is 38.7 Å². The number of hydrogen-bond acceptors (Lipinski definition) is 4. The van der Waals surface area contributed by atoms with Crippen LogP contribution in [0.5, 0.6) is 0 Å². The van der Waals surface area contributed by atoms with Gasteiger partial charge in [-0.25, -0.2) is 4.68 Å². The maximum atomic E-state index is 5.77. The minimum Gasteiger partial charge on any atom is -0.295 e. The molecule has 4 rings (SSSR count). The minimum absolute atomic E-state index is 0.720. The third-order valence-electron chi connectivity index (χ3n) is 4.58. The Balaban J connectivity index is 1.73. The molecule has 0 saturated carbocycles. The van der Waals surface area contributed by atoms with E-state index in [0.717, 1.165) is 42.5 Å². The Morgan fingerprint density at radius 3 is 2.40 bits per heavy atom. The van der Waals surface area contributed by atoms with Crippen molar-refractivity contribution in [3.63, 3.8) is 0 Å². The predicted octanol–water partition coefficient (Wildman–Crippen LogP) is 3.58. The number of benzene rings is 1. The molecular weight excluding hydrogens is 330 g/mol. The van der Waals surface area contributed by atoms with Crippen LogP contribution < -0.4 is 0 Å². The Labute approximate surface area is 152 Å². The number of likely N-dealkylation sites (tertiary alicyclic amines) is 1. The minimum atomic E-state index is 0.720. The Bertz CT molecular complexity index is 879. The summed E-state index contributed by atoms with van der Waals surface area (Å²) < 4.78 is 4.85. The van der Waals surface area contributed by atoms with Crippen molar-refractivity contribution in [2.75, 3.05) is 13.1 Å². The second-order valence-electron chi connectivity index (χ2n) is 6.38. The molecule has 0 aliphatic carbocycles. The summed E-state index contributed by atoms with van der Waals surface area (Å²) in [6.45, 7) is 3.73. The van der Waals surface area contributed by atoms with E-state index in [9.17, 15) is 0 Å². The molecule has 1 saturated heterocycles. The van der Waals surface area contributed by atoms with E-state index in [1.165, 1.54) is 18.4 Å². The van der Waals surface area contributed by atoms with Gasteiger partial charge in [0.05, 0.1) is 13.2 Å². The van der Waals surface area contributed by atoms with Gasteiger partial charge in [0, 0.05) is 18.0 Å². The smallest absolute Gasteiger partial charge is 0.199 e. The second-order valence-corrected chi connectivity index (χ2v) is 6.75. The van der Waals surface area contributed by atoms with Crippen molar-refractivity contribution in [1.82, 2.24) is 24.2 Å². The molecule has 5 nitrogen and oxygen atoms in total. The Morgan fingerprint density at radius 1 is 0.960 bits per heavy atom. The van der Waals surface area contributed by atoms with Crippen molar-refractivity contribution in [2.45, 2.75) is 26.1 Å². The fourth-order valence-electron chi connectivity index (χ4n) is 3.27. The van der Waals surface area contributed by atoms with E-state index in [4.69, 9.17) is 17.3 Å². The van der Waals surface area contributed by atoms with Crippen LogP contribution in [-0.4, -0.2) is 37.3 Å². The van der Waals surface area contributed by atoms with Crippen LogP contribution in [0.2, 0.25) is 0 Å². The zero-order valence-corrected chi connectivity index (χ0v) is 14.9. The molecule has 25 heavy (non-hydrogen) atoms. The maximum absolute atomic E-state index is 5.77. The van der Waals surface area contributed by atoms with Crippen molar-refractivity contribution in [3.05, 3.63) is 65.2 Å². The van der Waals surface area contributed by atoms with Crippen LogP contribution in [0, 0.1) is 4.77 Å². The Morgan fingerprint density at radius 2 is 1.68 bits per heavy atom. The summed E-state index contributed by atoms with van der Waals surface area (Å²) >= 11 is 5.77. The van der Waals surface area contributed by atoms with Crippen LogP contribution in [0.15, 0.2) is 54.9 Å². The van der Waals surface area contributed by atoms with Gasteiger partial charge in [0.1, 0.15) is 0 Å². The summed E-state index contributed by atoms with van der Waals surface area (Å²) in [6.07, 6.45) is 6.11. The van der Waals surface area contributed by atoms with E-state index in [0.29, 0.717) is 0 Å². The molecule has 2 aromatic heterocycles. The van der Waals surface area contributed by atoms with Gasteiger partial charge in [-0.05, 0) is 55.8 Å². The highest BCUT2D eigenvalue weighted by Gasteiger charge is 2.17. The number of rotatable bonds is 5. The summed E-state index contributed by atoms with van der Waals surface area (Å²) in [5.41, 5.74) is 2.26. The standard InChI is InChI=1S/C19H21N5S/c25-19-23(14-16-6-2-1-3-7-16)18(17-8-10-20-11-9-17)21-24(19)15-22-12-4-5-13-22/h1-3,6-11H,4-5,12-15H2. The lowest BCUT2D eigenvalue weighted by Crippen LogP contribution is -2.23. The van der Waals surface area contributed by atoms with Gasteiger partial charge in [0.25, 0.3) is 0 Å².